The highest BCUT2D eigenvalue weighted by Gasteiger charge is 1.97. The fourth-order valence-electron chi connectivity index (χ4n) is 0.538. The standard InChI is InChI=1S/C5H13NO/c1-4(6)3-5(2)7/h4-5,7H,3,6H2,1-2H3. The molecule has 0 saturated heterocycles. The van der Waals surface area contributed by atoms with E-state index in [0.29, 0.717) is 6.42 Å². The van der Waals surface area contributed by atoms with E-state index >= 15 is 0 Å². The highest BCUT2D eigenvalue weighted by atomic mass is 16.3. The van der Waals surface area contributed by atoms with Gasteiger partial charge >= 0.3 is 0 Å². The van der Waals surface area contributed by atoms with Crippen molar-refractivity contribution in [2.24, 2.45) is 5.73 Å². The number of hydrogen-bond acceptors (Lipinski definition) is 2. The first-order chi connectivity index (χ1) is 3.13. The summed E-state index contributed by atoms with van der Waals surface area (Å²) in [7, 11) is 0. The van der Waals surface area contributed by atoms with E-state index in [9.17, 15) is 0 Å². The molecule has 0 aromatic carbocycles. The first kappa shape index (κ1) is 6.92. The predicted octanol–water partition coefficient (Wildman–Crippen LogP) is 0.105. The molecule has 0 bridgehead atoms. The molecule has 44 valence electrons. The average molecular weight is 103 g/mol. The van der Waals surface area contributed by atoms with E-state index in [1.807, 2.05) is 6.92 Å². The molecule has 0 amide bonds. The van der Waals surface area contributed by atoms with Crippen molar-refractivity contribution < 1.29 is 5.11 Å². The third-order valence-electron chi connectivity index (χ3n) is 0.713. The van der Waals surface area contributed by atoms with Crippen LogP contribution in [0.2, 0.25) is 0 Å². The molecule has 0 rings (SSSR count). The zero-order valence-electron chi connectivity index (χ0n) is 4.89. The average Bonchev–Trinajstić information content (AvgIpc) is 1.27. The van der Waals surface area contributed by atoms with Crippen molar-refractivity contribution in [3.8, 4) is 0 Å². The number of aliphatic hydroxyl groups is 1. The van der Waals surface area contributed by atoms with Crippen LogP contribution in [0.25, 0.3) is 0 Å². The van der Waals surface area contributed by atoms with Crippen molar-refractivity contribution in [2.45, 2.75) is 32.4 Å². The largest absolute Gasteiger partial charge is 0.393 e. The van der Waals surface area contributed by atoms with Gasteiger partial charge in [-0.05, 0) is 20.3 Å². The van der Waals surface area contributed by atoms with Crippen molar-refractivity contribution in [1.82, 2.24) is 0 Å². The van der Waals surface area contributed by atoms with Gasteiger partial charge in [-0.1, -0.05) is 0 Å². The third-order valence-corrected chi connectivity index (χ3v) is 0.713. The maximum atomic E-state index is 8.64. The second kappa shape index (κ2) is 2.99. The van der Waals surface area contributed by atoms with Crippen LogP contribution in [0.3, 0.4) is 0 Å². The number of rotatable bonds is 2. The van der Waals surface area contributed by atoms with Gasteiger partial charge in [0.25, 0.3) is 0 Å². The molecule has 0 aliphatic heterocycles. The van der Waals surface area contributed by atoms with Gasteiger partial charge in [-0.15, -0.1) is 0 Å². The van der Waals surface area contributed by atoms with Crippen LogP contribution < -0.4 is 5.73 Å². The normalized spacial score (nSPS) is 18.9. The van der Waals surface area contributed by atoms with E-state index in [1.165, 1.54) is 0 Å². The van der Waals surface area contributed by atoms with Gasteiger partial charge in [0.1, 0.15) is 0 Å². The Balaban J connectivity index is 2.95. The van der Waals surface area contributed by atoms with Gasteiger partial charge in [-0.2, -0.15) is 0 Å². The van der Waals surface area contributed by atoms with E-state index in [2.05, 4.69) is 0 Å². The van der Waals surface area contributed by atoms with Gasteiger partial charge in [0.05, 0.1) is 6.10 Å². The summed E-state index contributed by atoms with van der Waals surface area (Å²) in [6, 6.07) is 0.125. The minimum Gasteiger partial charge on any atom is -0.393 e. The maximum absolute atomic E-state index is 8.64. The molecular weight excluding hydrogens is 90.1 g/mol. The summed E-state index contributed by atoms with van der Waals surface area (Å²) >= 11 is 0. The Morgan fingerprint density at radius 3 is 2.00 bits per heavy atom. The zero-order chi connectivity index (χ0) is 5.86. The summed E-state index contributed by atoms with van der Waals surface area (Å²) in [4.78, 5) is 0. The van der Waals surface area contributed by atoms with E-state index in [4.69, 9.17) is 10.8 Å². The molecular formula is C5H13NO. The molecule has 3 N–H and O–H groups in total. The summed E-state index contributed by atoms with van der Waals surface area (Å²) in [6.45, 7) is 3.62. The van der Waals surface area contributed by atoms with E-state index in [0.717, 1.165) is 0 Å². The first-order valence-electron chi connectivity index (χ1n) is 2.56. The second-order valence-corrected chi connectivity index (χ2v) is 2.06. The maximum Gasteiger partial charge on any atom is 0.0526 e. The lowest BCUT2D eigenvalue weighted by Gasteiger charge is -2.05. The fourth-order valence-corrected chi connectivity index (χ4v) is 0.538. The molecule has 0 aliphatic carbocycles. The fraction of sp³-hybridized carbons (Fsp3) is 1.00. The molecule has 2 nitrogen and oxygen atoms in total. The van der Waals surface area contributed by atoms with Crippen molar-refractivity contribution in [2.75, 3.05) is 0 Å². The van der Waals surface area contributed by atoms with Crippen LogP contribution in [0.1, 0.15) is 20.3 Å². The highest BCUT2D eigenvalue weighted by Crippen LogP contribution is 1.91. The quantitative estimate of drug-likeness (QED) is 0.521. The summed E-state index contributed by atoms with van der Waals surface area (Å²) in [6.07, 6.45) is 0.444. The van der Waals surface area contributed by atoms with Crippen LogP contribution >= 0.6 is 0 Å². The SMILES string of the molecule is CC(N)CC(C)O. The molecule has 0 saturated carbocycles. The van der Waals surface area contributed by atoms with Crippen molar-refractivity contribution in [1.29, 1.82) is 0 Å². The molecule has 7 heavy (non-hydrogen) atoms. The Bertz CT molecular complexity index is 37.3. The molecule has 0 heterocycles. The van der Waals surface area contributed by atoms with E-state index in [-0.39, 0.29) is 12.1 Å². The van der Waals surface area contributed by atoms with Crippen LogP contribution in [0.4, 0.5) is 0 Å². The molecule has 0 spiro atoms. The molecule has 2 unspecified atom stereocenters. The van der Waals surface area contributed by atoms with Crippen molar-refractivity contribution >= 4 is 0 Å². The lowest BCUT2D eigenvalue weighted by molar-refractivity contribution is 0.177. The van der Waals surface area contributed by atoms with Crippen LogP contribution in [0.15, 0.2) is 0 Å². The third kappa shape index (κ3) is 5.92. The molecule has 2 heteroatoms. The Morgan fingerprint density at radius 1 is 1.57 bits per heavy atom. The van der Waals surface area contributed by atoms with Crippen LogP contribution in [0.5, 0.6) is 0 Å². The van der Waals surface area contributed by atoms with Gasteiger partial charge in [0, 0.05) is 6.04 Å². The topological polar surface area (TPSA) is 46.2 Å². The number of nitrogens with two attached hydrogens (primary N) is 1. The van der Waals surface area contributed by atoms with Gasteiger partial charge in [-0.25, -0.2) is 0 Å². The Labute approximate surface area is 44.3 Å². The van der Waals surface area contributed by atoms with E-state index in [1.54, 1.807) is 6.92 Å². The van der Waals surface area contributed by atoms with Crippen molar-refractivity contribution in [3.05, 3.63) is 0 Å². The smallest absolute Gasteiger partial charge is 0.0526 e. The van der Waals surface area contributed by atoms with E-state index < -0.39 is 0 Å². The van der Waals surface area contributed by atoms with Crippen LogP contribution in [-0.4, -0.2) is 17.3 Å². The summed E-state index contributed by atoms with van der Waals surface area (Å²) < 4.78 is 0. The lowest BCUT2D eigenvalue weighted by Crippen LogP contribution is -2.20. The minimum absolute atomic E-state index is 0.125. The van der Waals surface area contributed by atoms with Crippen LogP contribution in [-0.2, 0) is 0 Å². The van der Waals surface area contributed by atoms with Gasteiger partial charge in [-0.3, -0.25) is 0 Å². The van der Waals surface area contributed by atoms with Gasteiger partial charge in [0.15, 0.2) is 0 Å². The first-order valence-corrected chi connectivity index (χ1v) is 2.56. The Kier molecular flexibility index (Phi) is 2.96. The van der Waals surface area contributed by atoms with Crippen molar-refractivity contribution in [3.63, 3.8) is 0 Å². The molecule has 0 aromatic rings. The molecule has 0 aliphatic rings. The Morgan fingerprint density at radius 2 is 2.00 bits per heavy atom. The summed E-state index contributed by atoms with van der Waals surface area (Å²) in [5, 5.41) is 8.64. The van der Waals surface area contributed by atoms with Gasteiger partial charge in [0.2, 0.25) is 0 Å². The predicted molar refractivity (Wildman–Crippen MR) is 29.9 cm³/mol. The van der Waals surface area contributed by atoms with Gasteiger partial charge < -0.3 is 10.8 Å². The number of aliphatic hydroxyl groups excluding tert-OH is 1. The lowest BCUT2D eigenvalue weighted by atomic mass is 10.2. The highest BCUT2D eigenvalue weighted by molar-refractivity contribution is 4.56. The molecule has 2 atom stereocenters. The minimum atomic E-state index is -0.250. The molecule has 0 radical (unpaired) electrons. The monoisotopic (exact) mass is 103 g/mol. The Hall–Kier alpha value is -0.0800. The molecule has 0 fully saturated rings. The summed E-state index contributed by atoms with van der Waals surface area (Å²) in [5.41, 5.74) is 5.33. The second-order valence-electron chi connectivity index (χ2n) is 2.06. The summed E-state index contributed by atoms with van der Waals surface area (Å²) in [5.74, 6) is 0. The molecule has 0 aromatic heterocycles. The zero-order valence-corrected chi connectivity index (χ0v) is 4.89. The van der Waals surface area contributed by atoms with Crippen LogP contribution in [0, 0.1) is 0 Å². The number of hydrogen-bond donors (Lipinski definition) is 2.